The molecule has 1 aliphatic rings. The van der Waals surface area contributed by atoms with E-state index in [1.807, 2.05) is 0 Å². The van der Waals surface area contributed by atoms with E-state index in [4.69, 9.17) is 0 Å². The Kier molecular flexibility index (Phi) is 2.56. The van der Waals surface area contributed by atoms with E-state index in [9.17, 15) is 4.39 Å². The fourth-order valence-electron chi connectivity index (χ4n) is 2.13. The molecule has 0 saturated heterocycles. The predicted molar refractivity (Wildman–Crippen MR) is 46.3 cm³/mol. The molecule has 0 N–H and O–H groups in total. The van der Waals surface area contributed by atoms with Gasteiger partial charge < -0.3 is 0 Å². The van der Waals surface area contributed by atoms with E-state index in [-0.39, 0.29) is 0 Å². The van der Waals surface area contributed by atoms with Gasteiger partial charge in [-0.3, -0.25) is 0 Å². The van der Waals surface area contributed by atoms with Gasteiger partial charge in [-0.05, 0) is 43.9 Å². The lowest BCUT2D eigenvalue weighted by Gasteiger charge is -2.17. The van der Waals surface area contributed by atoms with Gasteiger partial charge in [-0.15, -0.1) is 0 Å². The topological polar surface area (TPSA) is 0 Å². The molecule has 66 valence electrons. The van der Waals surface area contributed by atoms with Crippen molar-refractivity contribution in [3.63, 3.8) is 0 Å². The number of hydrogen-bond acceptors (Lipinski definition) is 0. The van der Waals surface area contributed by atoms with Gasteiger partial charge in [0.1, 0.15) is 0 Å². The van der Waals surface area contributed by atoms with E-state index in [2.05, 4.69) is 13.8 Å². The van der Waals surface area contributed by atoms with Crippen molar-refractivity contribution in [2.45, 2.75) is 52.6 Å². The highest BCUT2D eigenvalue weighted by molar-refractivity contribution is 4.94. The largest absolute Gasteiger partial charge is 0.248 e. The molecule has 1 aliphatic carbocycles. The smallest absolute Gasteiger partial charge is 0.0978 e. The highest BCUT2D eigenvalue weighted by Crippen LogP contribution is 2.54. The number of hydrogen-bond donors (Lipinski definition) is 0. The van der Waals surface area contributed by atoms with Crippen molar-refractivity contribution in [2.24, 2.45) is 11.3 Å². The first kappa shape index (κ1) is 9.02. The Labute approximate surface area is 69.2 Å². The summed E-state index contributed by atoms with van der Waals surface area (Å²) in [6.45, 7) is 6.13. The van der Waals surface area contributed by atoms with Crippen molar-refractivity contribution in [2.75, 3.05) is 0 Å². The van der Waals surface area contributed by atoms with Gasteiger partial charge in [0.05, 0.1) is 6.17 Å². The first-order valence-electron chi connectivity index (χ1n) is 4.68. The molecule has 0 aromatic carbocycles. The fraction of sp³-hybridized carbons (Fsp3) is 1.00. The first-order valence-corrected chi connectivity index (χ1v) is 4.68. The molecule has 1 saturated carbocycles. The van der Waals surface area contributed by atoms with Gasteiger partial charge in [0.2, 0.25) is 0 Å². The second-order valence-corrected chi connectivity index (χ2v) is 4.58. The molecule has 0 nitrogen and oxygen atoms in total. The van der Waals surface area contributed by atoms with E-state index in [0.717, 1.165) is 12.3 Å². The molecule has 0 aliphatic heterocycles. The average molecular weight is 158 g/mol. The average Bonchev–Trinajstić information content (AvgIpc) is 2.43. The number of halogens is 1. The molecular formula is C10H19F. The third-order valence-corrected chi connectivity index (χ3v) is 2.51. The van der Waals surface area contributed by atoms with Crippen LogP contribution in [0.25, 0.3) is 0 Å². The minimum Gasteiger partial charge on any atom is -0.248 e. The van der Waals surface area contributed by atoms with Gasteiger partial charge in [0, 0.05) is 0 Å². The van der Waals surface area contributed by atoms with Crippen molar-refractivity contribution in [1.29, 1.82) is 0 Å². The summed E-state index contributed by atoms with van der Waals surface area (Å²) in [4.78, 5) is 0. The lowest BCUT2D eigenvalue weighted by atomic mass is 9.90. The minimum atomic E-state index is -0.601. The van der Waals surface area contributed by atoms with E-state index in [1.165, 1.54) is 19.3 Å². The third-order valence-electron chi connectivity index (χ3n) is 2.51. The Morgan fingerprint density at radius 3 is 2.00 bits per heavy atom. The zero-order chi connectivity index (χ0) is 8.48. The molecule has 0 aromatic heterocycles. The lowest BCUT2D eigenvalue weighted by molar-refractivity contribution is 0.249. The second kappa shape index (κ2) is 3.12. The van der Waals surface area contributed by atoms with Gasteiger partial charge in [0.15, 0.2) is 0 Å². The third kappa shape index (κ3) is 2.80. The van der Waals surface area contributed by atoms with Crippen molar-refractivity contribution in [3.8, 4) is 0 Å². The van der Waals surface area contributed by atoms with E-state index >= 15 is 0 Å². The van der Waals surface area contributed by atoms with Crippen LogP contribution in [0, 0.1) is 11.3 Å². The van der Waals surface area contributed by atoms with Crippen LogP contribution in [0.4, 0.5) is 4.39 Å². The zero-order valence-electron chi connectivity index (χ0n) is 7.86. The molecule has 0 amide bonds. The molecule has 0 spiro atoms. The maximum atomic E-state index is 12.7. The minimum absolute atomic E-state index is 0.419. The summed E-state index contributed by atoms with van der Waals surface area (Å²) >= 11 is 0. The molecule has 0 bridgehead atoms. The van der Waals surface area contributed by atoms with Crippen LogP contribution < -0.4 is 0 Å². The molecule has 1 atom stereocenters. The highest BCUT2D eigenvalue weighted by atomic mass is 19.1. The summed E-state index contributed by atoms with van der Waals surface area (Å²) in [6, 6.07) is 0. The quantitative estimate of drug-likeness (QED) is 0.587. The summed E-state index contributed by atoms with van der Waals surface area (Å²) in [5, 5.41) is 0. The summed E-state index contributed by atoms with van der Waals surface area (Å²) in [5.74, 6) is 0.733. The van der Waals surface area contributed by atoms with Crippen LogP contribution in [0.2, 0.25) is 0 Å². The summed E-state index contributed by atoms with van der Waals surface area (Å²) in [7, 11) is 0. The number of rotatable bonds is 4. The van der Waals surface area contributed by atoms with Crippen LogP contribution in [0.5, 0.6) is 0 Å². The zero-order valence-corrected chi connectivity index (χ0v) is 7.86. The maximum absolute atomic E-state index is 12.7. The van der Waals surface area contributed by atoms with E-state index in [1.54, 1.807) is 6.92 Å². The highest BCUT2D eigenvalue weighted by Gasteiger charge is 2.43. The van der Waals surface area contributed by atoms with Crippen LogP contribution >= 0.6 is 0 Å². The Hall–Kier alpha value is -0.0700. The van der Waals surface area contributed by atoms with Crippen LogP contribution in [0.1, 0.15) is 46.5 Å². The number of alkyl halides is 1. The molecule has 1 heteroatoms. The Bertz CT molecular complexity index is 111. The second-order valence-electron chi connectivity index (χ2n) is 4.58. The molecule has 0 heterocycles. The predicted octanol–water partition coefficient (Wildman–Crippen LogP) is 3.56. The maximum Gasteiger partial charge on any atom is 0.0978 e. The van der Waals surface area contributed by atoms with Crippen molar-refractivity contribution in [1.82, 2.24) is 0 Å². The molecule has 1 rings (SSSR count). The SMILES string of the molecule is CC(C)CC1(CC(C)F)CC1. The lowest BCUT2D eigenvalue weighted by Crippen LogP contribution is -2.10. The van der Waals surface area contributed by atoms with Crippen LogP contribution in [0.15, 0.2) is 0 Å². The van der Waals surface area contributed by atoms with Crippen LogP contribution in [-0.2, 0) is 0 Å². The van der Waals surface area contributed by atoms with Gasteiger partial charge >= 0.3 is 0 Å². The molecule has 0 radical (unpaired) electrons. The van der Waals surface area contributed by atoms with E-state index in [0.29, 0.717) is 5.41 Å². The Morgan fingerprint density at radius 2 is 1.73 bits per heavy atom. The van der Waals surface area contributed by atoms with Crippen molar-refractivity contribution < 1.29 is 4.39 Å². The Morgan fingerprint density at radius 1 is 1.18 bits per heavy atom. The monoisotopic (exact) mass is 158 g/mol. The first-order chi connectivity index (χ1) is 5.04. The Balaban J connectivity index is 2.29. The van der Waals surface area contributed by atoms with Gasteiger partial charge in [-0.1, -0.05) is 13.8 Å². The van der Waals surface area contributed by atoms with Gasteiger partial charge in [-0.2, -0.15) is 0 Å². The summed E-state index contributed by atoms with van der Waals surface area (Å²) in [6.07, 6.45) is 3.95. The molecular weight excluding hydrogens is 139 g/mol. The fourth-order valence-corrected chi connectivity index (χ4v) is 2.13. The van der Waals surface area contributed by atoms with Gasteiger partial charge in [0.25, 0.3) is 0 Å². The summed E-state index contributed by atoms with van der Waals surface area (Å²) < 4.78 is 12.7. The van der Waals surface area contributed by atoms with E-state index < -0.39 is 6.17 Å². The molecule has 1 fully saturated rings. The van der Waals surface area contributed by atoms with Crippen LogP contribution in [0.3, 0.4) is 0 Å². The normalized spacial score (nSPS) is 23.7. The van der Waals surface area contributed by atoms with Crippen molar-refractivity contribution >= 4 is 0 Å². The van der Waals surface area contributed by atoms with Gasteiger partial charge in [-0.25, -0.2) is 4.39 Å². The summed E-state index contributed by atoms with van der Waals surface area (Å²) in [5.41, 5.74) is 0.419. The molecule has 1 unspecified atom stereocenters. The molecule has 11 heavy (non-hydrogen) atoms. The molecule has 0 aromatic rings. The standard InChI is InChI=1S/C10H19F/c1-8(2)6-10(4-5-10)7-9(3)11/h8-9H,4-7H2,1-3H3. The van der Waals surface area contributed by atoms with Crippen molar-refractivity contribution in [3.05, 3.63) is 0 Å². The van der Waals surface area contributed by atoms with Crippen LogP contribution in [-0.4, -0.2) is 6.17 Å².